The van der Waals surface area contributed by atoms with Gasteiger partial charge in [-0.25, -0.2) is 0 Å². The molecule has 1 aromatic rings. The second-order valence-electron chi connectivity index (χ2n) is 3.20. The topological polar surface area (TPSA) is 29.1 Å². The van der Waals surface area contributed by atoms with Gasteiger partial charge in [0.25, 0.3) is 5.91 Å². The van der Waals surface area contributed by atoms with Crippen LogP contribution < -0.4 is 5.32 Å². The average Bonchev–Trinajstić information content (AvgIpc) is 2.18. The second kappa shape index (κ2) is 5.24. The van der Waals surface area contributed by atoms with Crippen molar-refractivity contribution in [3.8, 4) is 0 Å². The molecule has 0 aliphatic carbocycles. The summed E-state index contributed by atoms with van der Waals surface area (Å²) in [4.78, 5) is 12.4. The van der Waals surface area contributed by atoms with Crippen molar-refractivity contribution < 1.29 is 4.79 Å². The van der Waals surface area contributed by atoms with Crippen LogP contribution in [0.3, 0.4) is 0 Å². The van der Waals surface area contributed by atoms with Crippen LogP contribution >= 0.6 is 24.2 Å². The van der Waals surface area contributed by atoms with E-state index in [0.717, 1.165) is 10.5 Å². The molecule has 0 aliphatic rings. The molecule has 0 saturated heterocycles. The predicted octanol–water partition coefficient (Wildman–Crippen LogP) is 2.77. The van der Waals surface area contributed by atoms with Gasteiger partial charge in [-0.2, -0.15) is 0 Å². The first kappa shape index (κ1) is 12.1. The van der Waals surface area contributed by atoms with Crippen molar-refractivity contribution in [3.63, 3.8) is 0 Å². The maximum atomic E-state index is 11.7. The highest BCUT2D eigenvalue weighted by atomic mass is 35.5. The fraction of sp³-hybridized carbons (Fsp3) is 0.182. The zero-order valence-electron chi connectivity index (χ0n) is 8.38. The minimum absolute atomic E-state index is 0.162. The molecule has 0 unspecified atom stereocenters. The lowest BCUT2D eigenvalue weighted by Crippen LogP contribution is -2.25. The molecule has 0 atom stereocenters. The molecular weight excluding hydrogens is 230 g/mol. The van der Waals surface area contributed by atoms with Gasteiger partial charge in [-0.1, -0.05) is 24.2 Å². The normalized spacial score (nSPS) is 9.80. The Kier molecular flexibility index (Phi) is 4.24. The largest absolute Gasteiger partial charge is 0.347 e. The number of nitrogens with one attached hydrogen (secondary N) is 1. The molecule has 1 aromatic carbocycles. The number of hydrogen-bond donors (Lipinski definition) is 2. The van der Waals surface area contributed by atoms with Crippen LogP contribution in [0.15, 0.2) is 34.7 Å². The van der Waals surface area contributed by atoms with E-state index in [1.165, 1.54) is 0 Å². The fourth-order valence-corrected chi connectivity index (χ4v) is 1.40. The number of aryl methyl sites for hydroxylation is 1. The number of halogens is 1. The summed E-state index contributed by atoms with van der Waals surface area (Å²) in [6, 6.07) is 5.42. The number of thiol groups is 1. The van der Waals surface area contributed by atoms with Crippen molar-refractivity contribution in [1.29, 1.82) is 0 Å². The number of amides is 1. The van der Waals surface area contributed by atoms with Gasteiger partial charge in [0.15, 0.2) is 0 Å². The van der Waals surface area contributed by atoms with Crippen LogP contribution in [0.2, 0.25) is 0 Å². The molecule has 0 heterocycles. The van der Waals surface area contributed by atoms with Gasteiger partial charge in [0.05, 0.1) is 6.54 Å². The highest BCUT2D eigenvalue weighted by Crippen LogP contribution is 2.13. The molecule has 1 rings (SSSR count). The Morgan fingerprint density at radius 2 is 2.27 bits per heavy atom. The molecule has 1 amide bonds. The predicted molar refractivity (Wildman–Crippen MR) is 65.8 cm³/mol. The van der Waals surface area contributed by atoms with Crippen molar-refractivity contribution in [3.05, 3.63) is 40.9 Å². The van der Waals surface area contributed by atoms with Crippen molar-refractivity contribution >= 4 is 30.1 Å². The molecule has 0 bridgehead atoms. The Balaban J connectivity index is 2.81. The van der Waals surface area contributed by atoms with Crippen molar-refractivity contribution in [2.75, 3.05) is 6.54 Å². The third-order valence-electron chi connectivity index (χ3n) is 1.91. The van der Waals surface area contributed by atoms with E-state index in [0.29, 0.717) is 10.6 Å². The zero-order valence-corrected chi connectivity index (χ0v) is 10.0. The summed E-state index contributed by atoms with van der Waals surface area (Å²) in [6.45, 7) is 5.64. The van der Waals surface area contributed by atoms with E-state index in [1.54, 1.807) is 6.07 Å². The molecule has 0 spiro atoms. The average molecular weight is 242 g/mol. The Morgan fingerprint density at radius 1 is 1.60 bits per heavy atom. The van der Waals surface area contributed by atoms with E-state index in [4.69, 9.17) is 11.6 Å². The monoisotopic (exact) mass is 241 g/mol. The molecule has 80 valence electrons. The summed E-state index contributed by atoms with van der Waals surface area (Å²) in [7, 11) is 0. The van der Waals surface area contributed by atoms with E-state index >= 15 is 0 Å². The van der Waals surface area contributed by atoms with E-state index in [2.05, 4.69) is 24.5 Å². The van der Waals surface area contributed by atoms with Crippen LogP contribution in [0.1, 0.15) is 15.9 Å². The van der Waals surface area contributed by atoms with Crippen LogP contribution in [-0.2, 0) is 0 Å². The second-order valence-corrected chi connectivity index (χ2v) is 4.25. The van der Waals surface area contributed by atoms with E-state index < -0.39 is 0 Å². The van der Waals surface area contributed by atoms with Crippen LogP contribution in [0, 0.1) is 6.92 Å². The number of benzene rings is 1. The quantitative estimate of drug-likeness (QED) is 0.783. The van der Waals surface area contributed by atoms with Crippen molar-refractivity contribution in [2.45, 2.75) is 11.8 Å². The summed E-state index contributed by atoms with van der Waals surface area (Å²) in [6.07, 6.45) is 0. The summed E-state index contributed by atoms with van der Waals surface area (Å²) >= 11 is 9.74. The first-order valence-corrected chi connectivity index (χ1v) is 5.24. The molecule has 0 aromatic heterocycles. The third kappa shape index (κ3) is 3.61. The number of rotatable bonds is 3. The molecule has 0 fully saturated rings. The molecule has 0 aliphatic heterocycles. The first-order chi connectivity index (χ1) is 7.00. The summed E-state index contributed by atoms with van der Waals surface area (Å²) in [5, 5.41) is 3.07. The van der Waals surface area contributed by atoms with Gasteiger partial charge in [0.1, 0.15) is 0 Å². The third-order valence-corrected chi connectivity index (χ3v) is 2.32. The van der Waals surface area contributed by atoms with Gasteiger partial charge in [-0.3, -0.25) is 4.79 Å². The van der Waals surface area contributed by atoms with Gasteiger partial charge in [-0.15, -0.1) is 12.6 Å². The van der Waals surface area contributed by atoms with Crippen molar-refractivity contribution in [1.82, 2.24) is 5.32 Å². The summed E-state index contributed by atoms with van der Waals surface area (Å²) in [5.74, 6) is -0.162. The fourth-order valence-electron chi connectivity index (χ4n) is 1.13. The van der Waals surface area contributed by atoms with Gasteiger partial charge in [0, 0.05) is 15.5 Å². The zero-order chi connectivity index (χ0) is 11.4. The number of carbonyl (C=O) groups excluding carboxylic acids is 1. The van der Waals surface area contributed by atoms with Crippen LogP contribution in [0.25, 0.3) is 0 Å². The molecule has 1 N–H and O–H groups in total. The Hall–Kier alpha value is -0.930. The highest BCUT2D eigenvalue weighted by Gasteiger charge is 2.08. The lowest BCUT2D eigenvalue weighted by atomic mass is 10.1. The smallest absolute Gasteiger partial charge is 0.251 e. The highest BCUT2D eigenvalue weighted by molar-refractivity contribution is 7.80. The van der Waals surface area contributed by atoms with Gasteiger partial charge in [0.2, 0.25) is 0 Å². The van der Waals surface area contributed by atoms with E-state index in [1.807, 2.05) is 19.1 Å². The standard InChI is InChI=1S/C11H12ClNOS/c1-7-3-4-9(15)5-10(7)11(14)13-6-8(2)12/h3-5,15H,2,6H2,1H3,(H,13,14). The summed E-state index contributed by atoms with van der Waals surface area (Å²) < 4.78 is 0. The van der Waals surface area contributed by atoms with Crippen molar-refractivity contribution in [2.24, 2.45) is 0 Å². The SMILES string of the molecule is C=C(Cl)CNC(=O)c1cc(S)ccc1C. The van der Waals surface area contributed by atoms with E-state index in [-0.39, 0.29) is 12.5 Å². The molecule has 2 nitrogen and oxygen atoms in total. The maximum absolute atomic E-state index is 11.7. The summed E-state index contributed by atoms with van der Waals surface area (Å²) in [5.41, 5.74) is 1.52. The van der Waals surface area contributed by atoms with Gasteiger partial charge in [-0.05, 0) is 24.6 Å². The van der Waals surface area contributed by atoms with Gasteiger partial charge >= 0.3 is 0 Å². The Labute approximate surface area is 99.7 Å². The molecule has 15 heavy (non-hydrogen) atoms. The number of carbonyl (C=O) groups is 1. The Bertz CT molecular complexity index is 404. The first-order valence-electron chi connectivity index (χ1n) is 4.42. The lowest BCUT2D eigenvalue weighted by molar-refractivity contribution is 0.0957. The van der Waals surface area contributed by atoms with Crippen LogP contribution in [0.4, 0.5) is 0 Å². The van der Waals surface area contributed by atoms with Crippen LogP contribution in [0.5, 0.6) is 0 Å². The minimum atomic E-state index is -0.162. The minimum Gasteiger partial charge on any atom is -0.347 e. The molecule has 0 radical (unpaired) electrons. The van der Waals surface area contributed by atoms with Gasteiger partial charge < -0.3 is 5.32 Å². The molecule has 0 saturated carbocycles. The maximum Gasteiger partial charge on any atom is 0.251 e. The molecule has 4 heteroatoms. The van der Waals surface area contributed by atoms with E-state index in [9.17, 15) is 4.79 Å². The van der Waals surface area contributed by atoms with Crippen LogP contribution in [-0.4, -0.2) is 12.5 Å². The number of hydrogen-bond acceptors (Lipinski definition) is 2. The molecular formula is C11H12ClNOS. The lowest BCUT2D eigenvalue weighted by Gasteiger charge is -2.07. The Morgan fingerprint density at radius 3 is 2.87 bits per heavy atom.